The van der Waals surface area contributed by atoms with Crippen molar-refractivity contribution < 1.29 is 14.0 Å². The van der Waals surface area contributed by atoms with Crippen molar-refractivity contribution in [3.63, 3.8) is 0 Å². The lowest BCUT2D eigenvalue weighted by Crippen LogP contribution is -2.30. The number of aryl methyl sites for hydroxylation is 1. The minimum atomic E-state index is -0.315. The number of hydrogen-bond donors (Lipinski definition) is 3. The molecule has 0 radical (unpaired) electrons. The number of anilines is 2. The minimum absolute atomic E-state index is 0.247. The van der Waals surface area contributed by atoms with Gasteiger partial charge in [-0.05, 0) is 60.7 Å². The van der Waals surface area contributed by atoms with Crippen LogP contribution in [-0.4, -0.2) is 18.5 Å². The zero-order valence-electron chi connectivity index (χ0n) is 14.2. The molecule has 0 saturated carbocycles. The number of carbonyl (C=O) groups is 2. The molecule has 134 valence electrons. The molecule has 26 heavy (non-hydrogen) atoms. The molecule has 0 atom stereocenters. The molecule has 3 N–H and O–H groups in total. The van der Waals surface area contributed by atoms with E-state index in [1.165, 1.54) is 11.1 Å². The predicted octanol–water partition coefficient (Wildman–Crippen LogP) is 4.27. The molecule has 6 nitrogen and oxygen atoms in total. The Morgan fingerprint density at radius 2 is 2.00 bits per heavy atom. The molecule has 3 aromatic rings. The van der Waals surface area contributed by atoms with Gasteiger partial charge in [-0.15, -0.1) is 11.3 Å². The summed E-state index contributed by atoms with van der Waals surface area (Å²) in [5.41, 5.74) is 2.16. The summed E-state index contributed by atoms with van der Waals surface area (Å²) in [6, 6.07) is 12.3. The molecule has 0 saturated heterocycles. The zero-order chi connectivity index (χ0) is 18.4. The second kappa shape index (κ2) is 8.35. The SMILES string of the molecule is Cc1cc(NC(=O)NCCc2cccs2)ccc1NC(=O)c1ccco1. The van der Waals surface area contributed by atoms with Gasteiger partial charge >= 0.3 is 6.03 Å². The third kappa shape index (κ3) is 4.73. The van der Waals surface area contributed by atoms with Gasteiger partial charge in [-0.3, -0.25) is 4.79 Å². The largest absolute Gasteiger partial charge is 0.459 e. The van der Waals surface area contributed by atoms with E-state index in [0.717, 1.165) is 12.0 Å². The fourth-order valence-electron chi connectivity index (χ4n) is 2.40. The number of nitrogens with one attached hydrogen (secondary N) is 3. The number of rotatable bonds is 6. The van der Waals surface area contributed by atoms with Crippen molar-refractivity contribution in [3.05, 3.63) is 70.3 Å². The van der Waals surface area contributed by atoms with Gasteiger partial charge in [0.2, 0.25) is 0 Å². The molecule has 0 fully saturated rings. The Kier molecular flexibility index (Phi) is 5.70. The molecule has 0 aliphatic heterocycles. The summed E-state index contributed by atoms with van der Waals surface area (Å²) >= 11 is 1.67. The first-order chi connectivity index (χ1) is 12.6. The summed E-state index contributed by atoms with van der Waals surface area (Å²) in [6.45, 7) is 2.43. The van der Waals surface area contributed by atoms with Gasteiger partial charge in [-0.25, -0.2) is 4.79 Å². The third-order valence-electron chi connectivity index (χ3n) is 3.71. The van der Waals surface area contributed by atoms with Crippen LogP contribution >= 0.6 is 11.3 Å². The van der Waals surface area contributed by atoms with Gasteiger partial charge in [0.05, 0.1) is 6.26 Å². The highest BCUT2D eigenvalue weighted by Crippen LogP contribution is 2.20. The number of amides is 3. The Bertz CT molecular complexity index is 874. The van der Waals surface area contributed by atoms with Gasteiger partial charge < -0.3 is 20.4 Å². The van der Waals surface area contributed by atoms with Crippen LogP contribution in [0.2, 0.25) is 0 Å². The molecular formula is C19H19N3O3S. The number of carbonyl (C=O) groups excluding carboxylic acids is 2. The van der Waals surface area contributed by atoms with Gasteiger partial charge in [-0.1, -0.05) is 6.07 Å². The summed E-state index contributed by atoms with van der Waals surface area (Å²) in [6.07, 6.45) is 2.26. The van der Waals surface area contributed by atoms with Crippen LogP contribution in [-0.2, 0) is 6.42 Å². The molecule has 0 unspecified atom stereocenters. The van der Waals surface area contributed by atoms with Crippen LogP contribution in [0.5, 0.6) is 0 Å². The predicted molar refractivity (Wildman–Crippen MR) is 103 cm³/mol. The second-order valence-electron chi connectivity index (χ2n) is 5.67. The molecule has 0 bridgehead atoms. The normalized spacial score (nSPS) is 10.3. The van der Waals surface area contributed by atoms with Crippen LogP contribution in [0, 0.1) is 6.92 Å². The van der Waals surface area contributed by atoms with E-state index in [2.05, 4.69) is 16.0 Å². The van der Waals surface area contributed by atoms with Crippen molar-refractivity contribution in [1.82, 2.24) is 5.32 Å². The first-order valence-electron chi connectivity index (χ1n) is 8.14. The van der Waals surface area contributed by atoms with Crippen molar-refractivity contribution in [2.45, 2.75) is 13.3 Å². The van der Waals surface area contributed by atoms with Crippen molar-refractivity contribution in [3.8, 4) is 0 Å². The van der Waals surface area contributed by atoms with E-state index in [-0.39, 0.29) is 17.7 Å². The van der Waals surface area contributed by atoms with Gasteiger partial charge in [0, 0.05) is 22.8 Å². The number of thiophene rings is 1. The number of benzene rings is 1. The molecule has 7 heteroatoms. The van der Waals surface area contributed by atoms with Crippen molar-refractivity contribution in [1.29, 1.82) is 0 Å². The van der Waals surface area contributed by atoms with Gasteiger partial charge in [0.25, 0.3) is 5.91 Å². The Balaban J connectivity index is 1.51. The van der Waals surface area contributed by atoms with E-state index >= 15 is 0 Å². The van der Waals surface area contributed by atoms with Crippen LogP contribution in [0.1, 0.15) is 21.0 Å². The quantitative estimate of drug-likeness (QED) is 0.607. The smallest absolute Gasteiger partial charge is 0.319 e. The van der Waals surface area contributed by atoms with E-state index in [0.29, 0.717) is 17.9 Å². The number of furan rings is 1. The lowest BCUT2D eigenvalue weighted by Gasteiger charge is -2.11. The molecule has 3 amide bonds. The first-order valence-corrected chi connectivity index (χ1v) is 9.02. The average Bonchev–Trinajstić information content (AvgIpc) is 3.30. The van der Waals surface area contributed by atoms with Crippen molar-refractivity contribution in [2.75, 3.05) is 17.2 Å². The second-order valence-corrected chi connectivity index (χ2v) is 6.70. The van der Waals surface area contributed by atoms with Gasteiger partial charge in [-0.2, -0.15) is 0 Å². The van der Waals surface area contributed by atoms with E-state index in [9.17, 15) is 9.59 Å². The Labute approximate surface area is 155 Å². The van der Waals surface area contributed by atoms with Crippen LogP contribution in [0.3, 0.4) is 0 Å². The van der Waals surface area contributed by atoms with Gasteiger partial charge in [0.1, 0.15) is 0 Å². The Morgan fingerprint density at radius 3 is 2.69 bits per heavy atom. The molecule has 2 aromatic heterocycles. The maximum atomic E-state index is 12.0. The lowest BCUT2D eigenvalue weighted by atomic mass is 10.1. The molecule has 2 heterocycles. The molecule has 3 rings (SSSR count). The highest BCUT2D eigenvalue weighted by molar-refractivity contribution is 7.09. The van der Waals surface area contributed by atoms with Crippen LogP contribution in [0.4, 0.5) is 16.2 Å². The monoisotopic (exact) mass is 369 g/mol. The molecule has 0 aliphatic carbocycles. The van der Waals surface area contributed by atoms with Crippen LogP contribution in [0.15, 0.2) is 58.5 Å². The summed E-state index contributed by atoms with van der Waals surface area (Å²) in [5, 5.41) is 10.4. The van der Waals surface area contributed by atoms with Crippen LogP contribution < -0.4 is 16.0 Å². The third-order valence-corrected chi connectivity index (χ3v) is 4.65. The highest BCUT2D eigenvalue weighted by atomic mass is 32.1. The molecule has 0 spiro atoms. The fourth-order valence-corrected chi connectivity index (χ4v) is 3.11. The Hall–Kier alpha value is -3.06. The topological polar surface area (TPSA) is 83.4 Å². The standard InChI is InChI=1S/C19H19N3O3S/c1-13-12-14(21-19(24)20-9-8-15-4-3-11-26-15)6-7-16(13)22-18(23)17-5-2-10-25-17/h2-7,10-12H,8-9H2,1H3,(H,22,23)(H2,20,21,24). The maximum Gasteiger partial charge on any atom is 0.319 e. The lowest BCUT2D eigenvalue weighted by molar-refractivity contribution is 0.0996. The highest BCUT2D eigenvalue weighted by Gasteiger charge is 2.11. The molecule has 0 aliphatic rings. The summed E-state index contributed by atoms with van der Waals surface area (Å²) in [5.74, 6) is -0.0677. The van der Waals surface area contributed by atoms with Crippen molar-refractivity contribution in [2.24, 2.45) is 0 Å². The fraction of sp³-hybridized carbons (Fsp3) is 0.158. The van der Waals surface area contributed by atoms with E-state index in [4.69, 9.17) is 4.42 Å². The summed E-state index contributed by atoms with van der Waals surface area (Å²) < 4.78 is 5.07. The molecular weight excluding hydrogens is 350 g/mol. The number of hydrogen-bond acceptors (Lipinski definition) is 4. The molecule has 1 aromatic carbocycles. The number of urea groups is 1. The average molecular weight is 369 g/mol. The van der Waals surface area contributed by atoms with E-state index < -0.39 is 0 Å². The van der Waals surface area contributed by atoms with E-state index in [1.807, 2.05) is 24.4 Å². The van der Waals surface area contributed by atoms with Crippen LogP contribution in [0.25, 0.3) is 0 Å². The Morgan fingerprint density at radius 1 is 1.12 bits per heavy atom. The van der Waals surface area contributed by atoms with Gasteiger partial charge in [0.15, 0.2) is 5.76 Å². The first kappa shape index (κ1) is 17.8. The minimum Gasteiger partial charge on any atom is -0.459 e. The summed E-state index contributed by atoms with van der Waals surface area (Å²) in [7, 11) is 0. The van der Waals surface area contributed by atoms with Crippen molar-refractivity contribution >= 4 is 34.6 Å². The summed E-state index contributed by atoms with van der Waals surface area (Å²) in [4.78, 5) is 25.2. The van der Waals surface area contributed by atoms with E-state index in [1.54, 1.807) is 41.7 Å². The zero-order valence-corrected chi connectivity index (χ0v) is 15.1. The maximum absolute atomic E-state index is 12.0.